The molecule has 19 heavy (non-hydrogen) atoms. The number of hydrogen-bond donors (Lipinski definition) is 1. The summed E-state index contributed by atoms with van der Waals surface area (Å²) in [7, 11) is 0. The lowest BCUT2D eigenvalue weighted by Crippen LogP contribution is -2.48. The van der Waals surface area contributed by atoms with Crippen molar-refractivity contribution in [1.29, 1.82) is 0 Å². The minimum Gasteiger partial charge on any atom is -0.481 e. The number of likely N-dealkylation sites (tertiary alicyclic amines) is 1. The van der Waals surface area contributed by atoms with E-state index in [1.54, 1.807) is 0 Å². The monoisotopic (exact) mass is 266 g/mol. The van der Waals surface area contributed by atoms with E-state index in [1.165, 1.54) is 0 Å². The molecule has 0 radical (unpaired) electrons. The van der Waals surface area contributed by atoms with Gasteiger partial charge in [-0.3, -0.25) is 4.79 Å². The Morgan fingerprint density at radius 1 is 1.26 bits per heavy atom. The van der Waals surface area contributed by atoms with Gasteiger partial charge < -0.3 is 14.9 Å². The SMILES string of the molecule is CCC1CCCN1C(=O)N1C2CCC1C(C(=O)O)C2. The highest BCUT2D eigenvalue weighted by atomic mass is 16.4. The van der Waals surface area contributed by atoms with E-state index in [1.807, 2.05) is 9.80 Å². The first-order valence-corrected chi connectivity index (χ1v) is 7.45. The van der Waals surface area contributed by atoms with Crippen LogP contribution in [0.4, 0.5) is 4.79 Å². The van der Waals surface area contributed by atoms with Gasteiger partial charge in [-0.05, 0) is 38.5 Å². The smallest absolute Gasteiger partial charge is 0.320 e. The minimum absolute atomic E-state index is 0.0619. The lowest BCUT2D eigenvalue weighted by atomic mass is 9.89. The van der Waals surface area contributed by atoms with E-state index in [0.29, 0.717) is 12.5 Å². The number of amides is 2. The molecule has 3 saturated heterocycles. The molecule has 0 aromatic carbocycles. The predicted molar refractivity (Wildman–Crippen MR) is 69.8 cm³/mol. The van der Waals surface area contributed by atoms with Crippen LogP contribution in [0.3, 0.4) is 0 Å². The van der Waals surface area contributed by atoms with Gasteiger partial charge in [-0.1, -0.05) is 6.92 Å². The third kappa shape index (κ3) is 1.90. The van der Waals surface area contributed by atoms with Crippen molar-refractivity contribution in [1.82, 2.24) is 9.80 Å². The molecule has 2 bridgehead atoms. The van der Waals surface area contributed by atoms with Crippen LogP contribution < -0.4 is 0 Å². The predicted octanol–water partition coefficient (Wildman–Crippen LogP) is 1.92. The maximum atomic E-state index is 12.7. The molecule has 5 heteroatoms. The number of nitrogens with zero attached hydrogens (tertiary/aromatic N) is 2. The second-order valence-electron chi connectivity index (χ2n) is 6.07. The molecule has 3 rings (SSSR count). The molecule has 5 nitrogen and oxygen atoms in total. The van der Waals surface area contributed by atoms with Crippen LogP contribution in [0.25, 0.3) is 0 Å². The van der Waals surface area contributed by atoms with E-state index < -0.39 is 5.97 Å². The number of carbonyl (C=O) groups is 2. The number of carbonyl (C=O) groups excluding carboxylic acids is 1. The van der Waals surface area contributed by atoms with Crippen LogP contribution in [0.5, 0.6) is 0 Å². The summed E-state index contributed by atoms with van der Waals surface area (Å²) in [4.78, 5) is 27.8. The fourth-order valence-corrected chi connectivity index (χ4v) is 4.21. The van der Waals surface area contributed by atoms with E-state index in [0.717, 1.165) is 38.6 Å². The van der Waals surface area contributed by atoms with Crippen LogP contribution in [0.1, 0.15) is 45.4 Å². The van der Waals surface area contributed by atoms with Crippen molar-refractivity contribution in [2.24, 2.45) is 5.92 Å². The normalized spacial score (nSPS) is 37.1. The molecule has 3 fully saturated rings. The van der Waals surface area contributed by atoms with Crippen molar-refractivity contribution < 1.29 is 14.7 Å². The van der Waals surface area contributed by atoms with Crippen molar-refractivity contribution in [2.75, 3.05) is 6.54 Å². The van der Waals surface area contributed by atoms with E-state index in [2.05, 4.69) is 6.92 Å². The average molecular weight is 266 g/mol. The summed E-state index contributed by atoms with van der Waals surface area (Å²) in [6.07, 6.45) is 5.65. The maximum absolute atomic E-state index is 12.7. The molecule has 3 aliphatic rings. The Morgan fingerprint density at radius 2 is 2.05 bits per heavy atom. The first-order chi connectivity index (χ1) is 9.13. The second-order valence-corrected chi connectivity index (χ2v) is 6.07. The van der Waals surface area contributed by atoms with Crippen molar-refractivity contribution in [3.63, 3.8) is 0 Å². The molecule has 0 saturated carbocycles. The van der Waals surface area contributed by atoms with Gasteiger partial charge in [0.15, 0.2) is 0 Å². The van der Waals surface area contributed by atoms with Crippen molar-refractivity contribution >= 4 is 12.0 Å². The van der Waals surface area contributed by atoms with Gasteiger partial charge in [-0.25, -0.2) is 4.79 Å². The molecule has 3 heterocycles. The summed E-state index contributed by atoms with van der Waals surface area (Å²) in [5, 5.41) is 9.25. The zero-order valence-corrected chi connectivity index (χ0v) is 11.4. The Hall–Kier alpha value is -1.26. The highest BCUT2D eigenvalue weighted by Crippen LogP contribution is 2.43. The third-order valence-corrected chi connectivity index (χ3v) is 5.17. The Morgan fingerprint density at radius 3 is 2.68 bits per heavy atom. The van der Waals surface area contributed by atoms with Crippen LogP contribution in [0.15, 0.2) is 0 Å². The van der Waals surface area contributed by atoms with Gasteiger partial charge >= 0.3 is 12.0 Å². The largest absolute Gasteiger partial charge is 0.481 e. The minimum atomic E-state index is -0.738. The average Bonchev–Trinajstić information content (AvgIpc) is 3.11. The summed E-state index contributed by atoms with van der Waals surface area (Å²) >= 11 is 0. The third-order valence-electron chi connectivity index (χ3n) is 5.17. The van der Waals surface area contributed by atoms with E-state index in [-0.39, 0.29) is 24.0 Å². The molecule has 0 aromatic rings. The Bertz CT molecular complexity index is 398. The fourth-order valence-electron chi connectivity index (χ4n) is 4.21. The van der Waals surface area contributed by atoms with Crippen molar-refractivity contribution in [2.45, 2.75) is 63.6 Å². The molecule has 1 N–H and O–H groups in total. The molecule has 0 aliphatic carbocycles. The van der Waals surface area contributed by atoms with Gasteiger partial charge in [-0.15, -0.1) is 0 Å². The lowest BCUT2D eigenvalue weighted by Gasteiger charge is -2.32. The van der Waals surface area contributed by atoms with Gasteiger partial charge in [0.05, 0.1) is 5.92 Å². The first kappa shape index (κ1) is 12.8. The maximum Gasteiger partial charge on any atom is 0.320 e. The van der Waals surface area contributed by atoms with Crippen LogP contribution >= 0.6 is 0 Å². The lowest BCUT2D eigenvalue weighted by molar-refractivity contribution is -0.142. The van der Waals surface area contributed by atoms with Crippen LogP contribution in [0.2, 0.25) is 0 Å². The number of aliphatic carboxylic acids is 1. The topological polar surface area (TPSA) is 60.9 Å². The number of fused-ring (bicyclic) bond motifs is 2. The fraction of sp³-hybridized carbons (Fsp3) is 0.857. The highest BCUT2D eigenvalue weighted by Gasteiger charge is 2.52. The van der Waals surface area contributed by atoms with Gasteiger partial charge in [-0.2, -0.15) is 0 Å². The Balaban J connectivity index is 1.76. The van der Waals surface area contributed by atoms with Crippen LogP contribution in [-0.4, -0.2) is 51.6 Å². The summed E-state index contributed by atoms with van der Waals surface area (Å²) < 4.78 is 0. The van der Waals surface area contributed by atoms with E-state index >= 15 is 0 Å². The number of rotatable bonds is 2. The zero-order chi connectivity index (χ0) is 13.6. The van der Waals surface area contributed by atoms with E-state index in [4.69, 9.17) is 0 Å². The standard InChI is InChI=1S/C14H22N2O3/c1-2-9-4-3-7-15(9)14(19)16-10-5-6-12(16)11(8-10)13(17)18/h9-12H,2-8H2,1H3,(H,17,18). The molecule has 0 aromatic heterocycles. The van der Waals surface area contributed by atoms with Gasteiger partial charge in [0.25, 0.3) is 0 Å². The van der Waals surface area contributed by atoms with Crippen molar-refractivity contribution in [3.05, 3.63) is 0 Å². The van der Waals surface area contributed by atoms with Gasteiger partial charge in [0.2, 0.25) is 0 Å². The number of carboxylic acid groups (broad SMARTS) is 1. The Labute approximate surface area is 113 Å². The van der Waals surface area contributed by atoms with Crippen molar-refractivity contribution in [3.8, 4) is 0 Å². The molecular formula is C14H22N2O3. The zero-order valence-electron chi connectivity index (χ0n) is 11.4. The number of urea groups is 1. The molecule has 0 spiro atoms. The summed E-state index contributed by atoms with van der Waals surface area (Å²) in [6, 6.07) is 0.557. The van der Waals surface area contributed by atoms with Crippen LogP contribution in [0, 0.1) is 5.92 Å². The molecule has 106 valence electrons. The molecule has 4 atom stereocenters. The first-order valence-electron chi connectivity index (χ1n) is 7.45. The molecule has 3 aliphatic heterocycles. The quantitative estimate of drug-likeness (QED) is 0.830. The highest BCUT2D eigenvalue weighted by molar-refractivity contribution is 5.80. The molecule has 4 unspecified atom stereocenters. The molecular weight excluding hydrogens is 244 g/mol. The second kappa shape index (κ2) is 4.69. The summed E-state index contributed by atoms with van der Waals surface area (Å²) in [6.45, 7) is 2.96. The van der Waals surface area contributed by atoms with Gasteiger partial charge in [0.1, 0.15) is 0 Å². The number of carboxylic acids is 1. The summed E-state index contributed by atoms with van der Waals surface area (Å²) in [5.74, 6) is -1.08. The van der Waals surface area contributed by atoms with Crippen LogP contribution in [-0.2, 0) is 4.79 Å². The summed E-state index contributed by atoms with van der Waals surface area (Å²) in [5.41, 5.74) is 0. The Kier molecular flexibility index (Phi) is 3.15. The molecule has 2 amide bonds. The number of hydrogen-bond acceptors (Lipinski definition) is 2. The van der Waals surface area contributed by atoms with Gasteiger partial charge in [0, 0.05) is 24.7 Å². The van der Waals surface area contributed by atoms with E-state index in [9.17, 15) is 14.7 Å².